The van der Waals surface area contributed by atoms with Crippen molar-refractivity contribution in [3.8, 4) is 11.3 Å². The van der Waals surface area contributed by atoms with Crippen LogP contribution < -0.4 is 4.90 Å². The Hall–Kier alpha value is -1.94. The van der Waals surface area contributed by atoms with Crippen molar-refractivity contribution < 1.29 is 5.11 Å². The number of aliphatic hydroxyl groups excluding tert-OH is 1. The minimum Gasteiger partial charge on any atom is -0.395 e. The molecule has 19 heavy (non-hydrogen) atoms. The van der Waals surface area contributed by atoms with Gasteiger partial charge in [0.1, 0.15) is 0 Å². The molecule has 0 bridgehead atoms. The van der Waals surface area contributed by atoms with Crippen LogP contribution in [0.25, 0.3) is 11.3 Å². The molecule has 100 valence electrons. The van der Waals surface area contributed by atoms with Crippen LogP contribution >= 0.6 is 0 Å². The third-order valence-electron chi connectivity index (χ3n) is 3.13. The van der Waals surface area contributed by atoms with Crippen LogP contribution in [0.15, 0.2) is 30.3 Å². The lowest BCUT2D eigenvalue weighted by molar-refractivity contribution is 0.303. The van der Waals surface area contributed by atoms with E-state index in [1.807, 2.05) is 24.1 Å². The van der Waals surface area contributed by atoms with E-state index in [4.69, 9.17) is 5.11 Å². The molecule has 0 spiro atoms. The van der Waals surface area contributed by atoms with Crippen molar-refractivity contribution in [3.05, 3.63) is 41.5 Å². The topological polar surface area (TPSA) is 49.2 Å². The fourth-order valence-electron chi connectivity index (χ4n) is 2.04. The average Bonchev–Trinajstić information content (AvgIpc) is 2.39. The Kier molecular flexibility index (Phi) is 4.12. The van der Waals surface area contributed by atoms with Crippen molar-refractivity contribution in [2.45, 2.75) is 13.8 Å². The Morgan fingerprint density at radius 3 is 2.47 bits per heavy atom. The molecule has 0 aliphatic rings. The van der Waals surface area contributed by atoms with E-state index in [2.05, 4.69) is 42.2 Å². The molecule has 0 unspecified atom stereocenters. The van der Waals surface area contributed by atoms with E-state index < -0.39 is 0 Å². The minimum atomic E-state index is 0.108. The highest BCUT2D eigenvalue weighted by atomic mass is 16.3. The van der Waals surface area contributed by atoms with Crippen molar-refractivity contribution in [1.82, 2.24) is 10.2 Å². The van der Waals surface area contributed by atoms with Crippen molar-refractivity contribution >= 4 is 5.82 Å². The summed E-state index contributed by atoms with van der Waals surface area (Å²) in [5.41, 5.74) is 4.42. The minimum absolute atomic E-state index is 0.108. The molecule has 0 radical (unpaired) electrons. The van der Waals surface area contributed by atoms with Gasteiger partial charge in [-0.3, -0.25) is 0 Å². The number of aryl methyl sites for hydroxylation is 2. The maximum atomic E-state index is 8.90. The molecule has 1 N–H and O–H groups in total. The zero-order valence-corrected chi connectivity index (χ0v) is 11.6. The number of hydrogen-bond acceptors (Lipinski definition) is 4. The molecule has 2 rings (SSSR count). The highest BCUT2D eigenvalue weighted by Crippen LogP contribution is 2.22. The van der Waals surface area contributed by atoms with Gasteiger partial charge in [-0.1, -0.05) is 23.8 Å². The van der Waals surface area contributed by atoms with Crippen LogP contribution in [0.5, 0.6) is 0 Å². The van der Waals surface area contributed by atoms with E-state index in [9.17, 15) is 0 Å². The lowest BCUT2D eigenvalue weighted by Crippen LogP contribution is -2.22. The fourth-order valence-corrected chi connectivity index (χ4v) is 2.04. The second-order valence-corrected chi connectivity index (χ2v) is 4.74. The molecule has 1 heterocycles. The Bertz CT molecular complexity index is 552. The fraction of sp³-hybridized carbons (Fsp3) is 0.333. The summed E-state index contributed by atoms with van der Waals surface area (Å²) in [6.45, 7) is 4.82. The lowest BCUT2D eigenvalue weighted by atomic mass is 10.0. The van der Waals surface area contributed by atoms with E-state index in [-0.39, 0.29) is 6.61 Å². The molecule has 0 saturated heterocycles. The van der Waals surface area contributed by atoms with Crippen LogP contribution in [-0.2, 0) is 0 Å². The van der Waals surface area contributed by atoms with Gasteiger partial charge >= 0.3 is 0 Å². The van der Waals surface area contributed by atoms with Crippen LogP contribution in [0, 0.1) is 13.8 Å². The van der Waals surface area contributed by atoms with Gasteiger partial charge in [-0.15, -0.1) is 10.2 Å². The van der Waals surface area contributed by atoms with Gasteiger partial charge in [0.2, 0.25) is 0 Å². The summed E-state index contributed by atoms with van der Waals surface area (Å²) in [7, 11) is 1.89. The Balaban J connectivity index is 2.27. The van der Waals surface area contributed by atoms with Crippen molar-refractivity contribution in [2.24, 2.45) is 0 Å². The van der Waals surface area contributed by atoms with Gasteiger partial charge in [0, 0.05) is 19.2 Å². The van der Waals surface area contributed by atoms with Crippen molar-refractivity contribution in [3.63, 3.8) is 0 Å². The second-order valence-electron chi connectivity index (χ2n) is 4.74. The normalized spacial score (nSPS) is 10.5. The average molecular weight is 257 g/mol. The predicted molar refractivity (Wildman–Crippen MR) is 77.3 cm³/mol. The number of aromatic nitrogens is 2. The molecule has 1 aromatic heterocycles. The number of rotatable bonds is 4. The monoisotopic (exact) mass is 257 g/mol. The number of likely N-dealkylation sites (N-methyl/N-ethyl adjacent to an activating group) is 1. The molecule has 0 aliphatic heterocycles. The van der Waals surface area contributed by atoms with Gasteiger partial charge in [-0.2, -0.15) is 0 Å². The highest BCUT2D eigenvalue weighted by Gasteiger charge is 2.06. The molecule has 1 aromatic carbocycles. The summed E-state index contributed by atoms with van der Waals surface area (Å²) in [5, 5.41) is 17.4. The molecule has 0 fully saturated rings. The molecular weight excluding hydrogens is 238 g/mol. The van der Waals surface area contributed by atoms with Crippen LogP contribution in [0.1, 0.15) is 11.1 Å². The van der Waals surface area contributed by atoms with Crippen LogP contribution in [-0.4, -0.2) is 35.5 Å². The predicted octanol–water partition coefficient (Wildman–Crippen LogP) is 2.19. The standard InChI is InChI=1S/C15H19N3O/c1-11-4-5-13(12(2)10-11)14-6-7-15(17-16-14)18(3)8-9-19/h4-7,10,19H,8-9H2,1-3H3. The number of hydrogen-bond donors (Lipinski definition) is 1. The quantitative estimate of drug-likeness (QED) is 0.912. The van der Waals surface area contributed by atoms with Gasteiger partial charge < -0.3 is 10.0 Å². The Morgan fingerprint density at radius 1 is 1.11 bits per heavy atom. The van der Waals surface area contributed by atoms with Gasteiger partial charge in [0.15, 0.2) is 5.82 Å². The third kappa shape index (κ3) is 3.09. The van der Waals surface area contributed by atoms with Crippen molar-refractivity contribution in [2.75, 3.05) is 25.1 Å². The van der Waals surface area contributed by atoms with Gasteiger partial charge in [0.05, 0.1) is 12.3 Å². The van der Waals surface area contributed by atoms with E-state index in [0.717, 1.165) is 17.1 Å². The zero-order chi connectivity index (χ0) is 13.8. The molecule has 0 saturated carbocycles. The highest BCUT2D eigenvalue weighted by molar-refractivity contribution is 5.64. The first-order valence-electron chi connectivity index (χ1n) is 6.35. The Labute approximate surface area is 113 Å². The lowest BCUT2D eigenvalue weighted by Gasteiger charge is -2.16. The van der Waals surface area contributed by atoms with Crippen LogP contribution in [0.2, 0.25) is 0 Å². The molecule has 4 heteroatoms. The van der Waals surface area contributed by atoms with Gasteiger partial charge in [0.25, 0.3) is 0 Å². The Morgan fingerprint density at radius 2 is 1.89 bits per heavy atom. The van der Waals surface area contributed by atoms with Crippen LogP contribution in [0.4, 0.5) is 5.82 Å². The van der Waals surface area contributed by atoms with Gasteiger partial charge in [-0.05, 0) is 31.5 Å². The van der Waals surface area contributed by atoms with E-state index in [1.54, 1.807) is 0 Å². The van der Waals surface area contributed by atoms with E-state index in [1.165, 1.54) is 11.1 Å². The first-order chi connectivity index (χ1) is 9.11. The number of aliphatic hydroxyl groups is 1. The number of nitrogens with zero attached hydrogens (tertiary/aromatic N) is 3. The molecular formula is C15H19N3O. The van der Waals surface area contributed by atoms with Gasteiger partial charge in [-0.25, -0.2) is 0 Å². The number of benzene rings is 1. The summed E-state index contributed by atoms with van der Waals surface area (Å²) in [4.78, 5) is 1.87. The summed E-state index contributed by atoms with van der Waals surface area (Å²) in [5.74, 6) is 0.766. The van der Waals surface area contributed by atoms with Crippen molar-refractivity contribution in [1.29, 1.82) is 0 Å². The van der Waals surface area contributed by atoms with Crippen LogP contribution in [0.3, 0.4) is 0 Å². The maximum absolute atomic E-state index is 8.90. The third-order valence-corrected chi connectivity index (χ3v) is 3.13. The largest absolute Gasteiger partial charge is 0.395 e. The first-order valence-corrected chi connectivity index (χ1v) is 6.35. The summed E-state index contributed by atoms with van der Waals surface area (Å²) in [6.07, 6.45) is 0. The molecule has 0 amide bonds. The molecule has 0 aliphatic carbocycles. The van der Waals surface area contributed by atoms with E-state index >= 15 is 0 Å². The second kappa shape index (κ2) is 5.80. The summed E-state index contributed by atoms with van der Waals surface area (Å²) < 4.78 is 0. The summed E-state index contributed by atoms with van der Waals surface area (Å²) >= 11 is 0. The first kappa shape index (κ1) is 13.5. The maximum Gasteiger partial charge on any atom is 0.151 e. The SMILES string of the molecule is Cc1ccc(-c2ccc(N(C)CCO)nn2)c(C)c1. The zero-order valence-electron chi connectivity index (χ0n) is 11.6. The smallest absolute Gasteiger partial charge is 0.151 e. The molecule has 2 aromatic rings. The summed E-state index contributed by atoms with van der Waals surface area (Å²) in [6, 6.07) is 10.2. The molecule has 0 atom stereocenters. The number of anilines is 1. The molecule has 4 nitrogen and oxygen atoms in total. The van der Waals surface area contributed by atoms with E-state index in [0.29, 0.717) is 6.54 Å².